The molecule has 0 fully saturated rings. The summed E-state index contributed by atoms with van der Waals surface area (Å²) in [6.45, 7) is 2.56. The molecule has 0 aromatic heterocycles. The van der Waals surface area contributed by atoms with Gasteiger partial charge in [-0.15, -0.1) is 0 Å². The van der Waals surface area contributed by atoms with Gasteiger partial charge in [-0.1, -0.05) is 0 Å². The Balaban J connectivity index is -0.0000000450. The topological polar surface area (TPSA) is 37.3 Å². The summed E-state index contributed by atoms with van der Waals surface area (Å²) in [5.41, 5.74) is 0. The minimum atomic E-state index is -1.08. The van der Waals surface area contributed by atoms with Crippen molar-refractivity contribution in [2.24, 2.45) is 0 Å². The molecule has 0 aliphatic rings. The van der Waals surface area contributed by atoms with Gasteiger partial charge in [0.15, 0.2) is 0 Å². The first kappa shape index (κ1) is 15.7. The number of carboxylic acids is 1. The van der Waals surface area contributed by atoms with Crippen molar-refractivity contribution in [3.05, 3.63) is 6.92 Å². The van der Waals surface area contributed by atoms with Gasteiger partial charge in [0.25, 0.3) is 0 Å². The molecule has 0 heterocycles. The van der Waals surface area contributed by atoms with Crippen molar-refractivity contribution in [3.63, 3.8) is 0 Å². The second-order valence-corrected chi connectivity index (χ2v) is 0.394. The van der Waals surface area contributed by atoms with Crippen LogP contribution in [0.3, 0.4) is 0 Å². The molecule has 0 saturated heterocycles. The molecule has 0 saturated carbocycles. The zero-order valence-electron chi connectivity index (χ0n) is 2.36. The molecule has 0 amide bonds. The molecule has 2 nitrogen and oxygen atoms in total. The molecule has 4 heteroatoms. The van der Waals surface area contributed by atoms with E-state index in [2.05, 4.69) is 6.92 Å². The fraction of sp³-hybridized carbons (Fsp3) is 0. The Morgan fingerprint density at radius 3 is 1.67 bits per heavy atom. The van der Waals surface area contributed by atoms with E-state index < -0.39 is 5.97 Å². The van der Waals surface area contributed by atoms with Crippen LogP contribution in [0.4, 0.5) is 0 Å². The van der Waals surface area contributed by atoms with E-state index in [0.29, 0.717) is 0 Å². The van der Waals surface area contributed by atoms with Gasteiger partial charge in [0, 0.05) is 22.4 Å². The van der Waals surface area contributed by atoms with E-state index in [4.69, 9.17) is 9.90 Å². The van der Waals surface area contributed by atoms with Crippen LogP contribution in [-0.2, 0) is 27.2 Å². The Labute approximate surface area is 74.1 Å². The summed E-state index contributed by atoms with van der Waals surface area (Å²) in [4.78, 5) is 8.89. The van der Waals surface area contributed by atoms with Crippen LogP contribution in [0.1, 0.15) is 0 Å². The second-order valence-electron chi connectivity index (χ2n) is 0.394. The summed E-state index contributed by atoms with van der Waals surface area (Å²) in [6.07, 6.45) is 0. The summed E-state index contributed by atoms with van der Waals surface area (Å²) >= 11 is 0. The van der Waals surface area contributed by atoms with Crippen molar-refractivity contribution in [2.45, 2.75) is 0 Å². The van der Waals surface area contributed by atoms with E-state index in [1.54, 1.807) is 0 Å². The maximum absolute atomic E-state index is 8.89. The molecule has 0 aromatic carbocycles. The number of carboxylic acid groups (broad SMARTS) is 1. The van der Waals surface area contributed by atoms with E-state index in [1.807, 2.05) is 0 Å². The molecular formula is C2H4AgNaO2. The van der Waals surface area contributed by atoms with E-state index >= 15 is 0 Å². The summed E-state index contributed by atoms with van der Waals surface area (Å²) in [5, 5.41) is 7.31. The molecule has 0 aliphatic carbocycles. The number of hydrogen-bond acceptors (Lipinski definition) is 1. The van der Waals surface area contributed by atoms with Gasteiger partial charge in [0.2, 0.25) is 0 Å². The van der Waals surface area contributed by atoms with E-state index in [1.165, 1.54) is 0 Å². The summed E-state index contributed by atoms with van der Waals surface area (Å²) in [7, 11) is 0. The average molecular weight is 191 g/mol. The molecule has 0 bridgehead atoms. The molecule has 0 unspecified atom stereocenters. The SMILES string of the molecule is [Ag].[CH2]C(=O)O.[NaH]. The maximum atomic E-state index is 8.89. The van der Waals surface area contributed by atoms with E-state index in [0.717, 1.165) is 0 Å². The van der Waals surface area contributed by atoms with Crippen molar-refractivity contribution in [2.75, 3.05) is 0 Å². The Kier molecular flexibility index (Phi) is 24.9. The molecular weight excluding hydrogens is 187 g/mol. The van der Waals surface area contributed by atoms with Crippen LogP contribution in [-0.4, -0.2) is 40.6 Å². The van der Waals surface area contributed by atoms with Gasteiger partial charge in [-0.05, 0) is 0 Å². The van der Waals surface area contributed by atoms with Crippen LogP contribution in [0.15, 0.2) is 0 Å². The van der Waals surface area contributed by atoms with Gasteiger partial charge in [0.05, 0.1) is 6.92 Å². The molecule has 0 spiro atoms. The quantitative estimate of drug-likeness (QED) is 0.511. The minimum absolute atomic E-state index is 0. The molecule has 0 atom stereocenters. The predicted octanol–water partition coefficient (Wildman–Crippen LogP) is -0.746. The third kappa shape index (κ3) is 63.1. The Hall–Kier alpha value is 1.21. The van der Waals surface area contributed by atoms with Gasteiger partial charge in [-0.3, -0.25) is 4.79 Å². The molecule has 6 heavy (non-hydrogen) atoms. The first-order valence-corrected chi connectivity index (χ1v) is 0.781. The molecule has 0 aliphatic heterocycles. The van der Waals surface area contributed by atoms with Crippen LogP contribution in [0, 0.1) is 6.92 Å². The number of aliphatic carboxylic acids is 1. The normalized spacial score (nSPS) is 4.17. The standard InChI is InChI=1S/C2H3O2.Ag.Na.H/c1-2(3)4;;;/h1H2,(H,3,4);;;. The molecule has 36 valence electrons. The zero-order chi connectivity index (χ0) is 3.58. The first-order chi connectivity index (χ1) is 1.73. The van der Waals surface area contributed by atoms with Crippen molar-refractivity contribution in [1.29, 1.82) is 0 Å². The van der Waals surface area contributed by atoms with Gasteiger partial charge in [-0.2, -0.15) is 0 Å². The monoisotopic (exact) mass is 190 g/mol. The van der Waals surface area contributed by atoms with Crippen LogP contribution in [0.2, 0.25) is 0 Å². The van der Waals surface area contributed by atoms with Crippen molar-refractivity contribution in [3.8, 4) is 0 Å². The van der Waals surface area contributed by atoms with Crippen LogP contribution >= 0.6 is 0 Å². The van der Waals surface area contributed by atoms with E-state index in [-0.39, 0.29) is 51.9 Å². The Morgan fingerprint density at radius 2 is 1.67 bits per heavy atom. The van der Waals surface area contributed by atoms with Crippen molar-refractivity contribution in [1.82, 2.24) is 0 Å². The fourth-order valence-corrected chi connectivity index (χ4v) is 0. The van der Waals surface area contributed by atoms with Gasteiger partial charge in [-0.25, -0.2) is 0 Å². The summed E-state index contributed by atoms with van der Waals surface area (Å²) in [5.74, 6) is -1.08. The fourth-order valence-electron chi connectivity index (χ4n) is 0. The zero-order valence-corrected chi connectivity index (χ0v) is 3.85. The molecule has 2 radical (unpaired) electrons. The summed E-state index contributed by atoms with van der Waals surface area (Å²) < 4.78 is 0. The summed E-state index contributed by atoms with van der Waals surface area (Å²) in [6, 6.07) is 0. The molecule has 1 N–H and O–H groups in total. The van der Waals surface area contributed by atoms with Gasteiger partial charge in [0.1, 0.15) is 0 Å². The predicted molar refractivity (Wildman–Crippen MR) is 20.1 cm³/mol. The van der Waals surface area contributed by atoms with Gasteiger partial charge >= 0.3 is 35.5 Å². The third-order valence-corrected chi connectivity index (χ3v) is 0. The Morgan fingerprint density at radius 1 is 1.67 bits per heavy atom. The Bertz CT molecular complexity index is 34.5. The first-order valence-electron chi connectivity index (χ1n) is 0.781. The number of rotatable bonds is 0. The van der Waals surface area contributed by atoms with Crippen molar-refractivity contribution >= 4 is 35.5 Å². The van der Waals surface area contributed by atoms with Crippen LogP contribution in [0.25, 0.3) is 0 Å². The van der Waals surface area contributed by atoms with Gasteiger partial charge < -0.3 is 5.11 Å². The number of carbonyl (C=O) groups is 1. The number of hydrogen-bond donors (Lipinski definition) is 1. The second kappa shape index (κ2) is 9.51. The van der Waals surface area contributed by atoms with Crippen LogP contribution in [0.5, 0.6) is 0 Å². The van der Waals surface area contributed by atoms with Crippen LogP contribution < -0.4 is 0 Å². The average Bonchev–Trinajstić information content (AvgIpc) is 0.811. The molecule has 0 rings (SSSR count). The molecule has 0 aromatic rings. The third-order valence-electron chi connectivity index (χ3n) is 0. The van der Waals surface area contributed by atoms with E-state index in [9.17, 15) is 0 Å². The van der Waals surface area contributed by atoms with Crippen molar-refractivity contribution < 1.29 is 32.3 Å².